The van der Waals surface area contributed by atoms with Crippen molar-refractivity contribution in [3.05, 3.63) is 48.0 Å². The van der Waals surface area contributed by atoms with Crippen LogP contribution in [0.15, 0.2) is 36.9 Å². The molecule has 1 aliphatic rings. The fourth-order valence-corrected chi connectivity index (χ4v) is 2.97. The highest BCUT2D eigenvalue weighted by molar-refractivity contribution is 5.27. The first-order chi connectivity index (χ1) is 8.83. The monoisotopic (exact) mass is 239 g/mol. The molecule has 0 aliphatic heterocycles. The smallest absolute Gasteiger partial charge is 0.0669 e. The second kappa shape index (κ2) is 6.40. The van der Waals surface area contributed by atoms with E-state index in [1.807, 2.05) is 0 Å². The average Bonchev–Trinajstić information content (AvgIpc) is 2.41. The molecular weight excluding hydrogens is 218 g/mol. The molecule has 1 aromatic carbocycles. The maximum absolute atomic E-state index is 8.66. The number of hydrogen-bond acceptors (Lipinski definition) is 1. The molecule has 0 radical (unpaired) electrons. The van der Waals surface area contributed by atoms with E-state index in [0.717, 1.165) is 17.4 Å². The minimum absolute atomic E-state index is 0.520. The third-order valence-corrected chi connectivity index (χ3v) is 4.08. The van der Waals surface area contributed by atoms with Gasteiger partial charge in [0.25, 0.3) is 0 Å². The van der Waals surface area contributed by atoms with E-state index in [1.54, 1.807) is 0 Å². The van der Waals surface area contributed by atoms with E-state index in [9.17, 15) is 0 Å². The van der Waals surface area contributed by atoms with Crippen molar-refractivity contribution >= 4 is 0 Å². The van der Waals surface area contributed by atoms with Crippen molar-refractivity contribution in [1.82, 2.24) is 0 Å². The lowest BCUT2D eigenvalue weighted by molar-refractivity contribution is 0.328. The van der Waals surface area contributed by atoms with Gasteiger partial charge in [-0.3, -0.25) is 0 Å². The lowest BCUT2D eigenvalue weighted by Crippen LogP contribution is -2.12. The molecule has 1 aromatic rings. The Balaban J connectivity index is 1.93. The van der Waals surface area contributed by atoms with Crippen molar-refractivity contribution in [2.75, 3.05) is 0 Å². The van der Waals surface area contributed by atoms with Gasteiger partial charge in [0.2, 0.25) is 0 Å². The molecule has 1 aliphatic carbocycles. The predicted octanol–water partition coefficient (Wildman–Crippen LogP) is 4.60. The molecule has 0 unspecified atom stereocenters. The van der Waals surface area contributed by atoms with Gasteiger partial charge in [0, 0.05) is 0 Å². The molecule has 0 heterocycles. The molecule has 0 bridgehead atoms. The van der Waals surface area contributed by atoms with Gasteiger partial charge in [0.15, 0.2) is 0 Å². The average molecular weight is 239 g/mol. The van der Waals surface area contributed by atoms with Gasteiger partial charge in [-0.05, 0) is 55.1 Å². The first-order valence-electron chi connectivity index (χ1n) is 6.90. The third-order valence-electron chi connectivity index (χ3n) is 4.08. The summed E-state index contributed by atoms with van der Waals surface area (Å²) in [5.41, 5.74) is 2.58. The van der Waals surface area contributed by atoms with E-state index in [2.05, 4.69) is 43.0 Å². The number of rotatable bonds is 4. The topological polar surface area (TPSA) is 23.8 Å². The van der Waals surface area contributed by atoms with Crippen LogP contribution >= 0.6 is 0 Å². The molecule has 0 aromatic heterocycles. The Morgan fingerprint density at radius 1 is 1.17 bits per heavy atom. The van der Waals surface area contributed by atoms with Crippen LogP contribution in [0.25, 0.3) is 0 Å². The summed E-state index contributed by atoms with van der Waals surface area (Å²) >= 11 is 0. The van der Waals surface area contributed by atoms with Crippen LogP contribution in [0, 0.1) is 17.2 Å². The summed E-state index contributed by atoms with van der Waals surface area (Å²) in [6.45, 7) is 3.83. The van der Waals surface area contributed by atoms with Crippen LogP contribution in [0.5, 0.6) is 0 Å². The second-order valence-corrected chi connectivity index (χ2v) is 5.32. The summed E-state index contributed by atoms with van der Waals surface area (Å²) in [5.74, 6) is 1.58. The molecule has 18 heavy (non-hydrogen) atoms. The number of benzene rings is 1. The van der Waals surface area contributed by atoms with Crippen LogP contribution in [0.3, 0.4) is 0 Å². The van der Waals surface area contributed by atoms with Crippen molar-refractivity contribution in [3.8, 4) is 6.07 Å². The van der Waals surface area contributed by atoms with Crippen LogP contribution in [0.2, 0.25) is 0 Å². The molecule has 1 nitrogen and oxygen atoms in total. The summed E-state index contributed by atoms with van der Waals surface area (Å²) in [7, 11) is 0. The fraction of sp³-hybridized carbons (Fsp3) is 0.471. The SMILES string of the molecule is C=CC[C@H]1CC[C@H](c2ccc(CC#N)cc2)CC1. The molecule has 0 N–H and O–H groups in total. The normalized spacial score (nSPS) is 23.3. The van der Waals surface area contributed by atoms with E-state index >= 15 is 0 Å². The Kier molecular flexibility index (Phi) is 4.59. The van der Waals surface area contributed by atoms with Crippen LogP contribution < -0.4 is 0 Å². The number of allylic oxidation sites excluding steroid dienone is 1. The summed E-state index contributed by atoms with van der Waals surface area (Å²) in [5, 5.41) is 8.66. The highest BCUT2D eigenvalue weighted by Crippen LogP contribution is 2.37. The highest BCUT2D eigenvalue weighted by Gasteiger charge is 2.21. The summed E-state index contributed by atoms with van der Waals surface area (Å²) in [6, 6.07) is 10.8. The van der Waals surface area contributed by atoms with Crippen LogP contribution in [-0.2, 0) is 6.42 Å². The molecule has 1 fully saturated rings. The number of nitriles is 1. The van der Waals surface area contributed by atoms with E-state index in [0.29, 0.717) is 6.42 Å². The molecule has 0 spiro atoms. The Bertz CT molecular complexity index is 416. The standard InChI is InChI=1S/C17H21N/c1-2-3-14-4-8-16(9-5-14)17-10-6-15(7-11-17)12-13-18/h2,6-7,10-11,14,16H,1,3-5,8-9,12H2/t14-,16-. The van der Waals surface area contributed by atoms with Crippen molar-refractivity contribution in [2.24, 2.45) is 5.92 Å². The Hall–Kier alpha value is -1.55. The molecule has 0 atom stereocenters. The van der Waals surface area contributed by atoms with Crippen LogP contribution in [0.4, 0.5) is 0 Å². The van der Waals surface area contributed by atoms with Gasteiger partial charge >= 0.3 is 0 Å². The van der Waals surface area contributed by atoms with E-state index < -0.39 is 0 Å². The largest absolute Gasteiger partial charge is 0.198 e. The predicted molar refractivity (Wildman–Crippen MR) is 75.3 cm³/mol. The molecule has 1 heteroatoms. The van der Waals surface area contributed by atoms with E-state index in [4.69, 9.17) is 5.26 Å². The van der Waals surface area contributed by atoms with Crippen molar-refractivity contribution in [2.45, 2.75) is 44.4 Å². The van der Waals surface area contributed by atoms with Gasteiger partial charge in [0.05, 0.1) is 12.5 Å². The maximum Gasteiger partial charge on any atom is 0.0669 e. The Labute approximate surface area is 110 Å². The molecular formula is C17H21N. The minimum atomic E-state index is 0.520. The fourth-order valence-electron chi connectivity index (χ4n) is 2.97. The van der Waals surface area contributed by atoms with Gasteiger partial charge in [-0.1, -0.05) is 30.3 Å². The summed E-state index contributed by atoms with van der Waals surface area (Å²) in [4.78, 5) is 0. The Morgan fingerprint density at radius 2 is 1.83 bits per heavy atom. The van der Waals surface area contributed by atoms with Crippen molar-refractivity contribution in [1.29, 1.82) is 5.26 Å². The lowest BCUT2D eigenvalue weighted by atomic mass is 9.77. The van der Waals surface area contributed by atoms with Gasteiger partial charge in [-0.2, -0.15) is 5.26 Å². The number of nitrogens with zero attached hydrogens (tertiary/aromatic N) is 1. The first-order valence-corrected chi connectivity index (χ1v) is 6.90. The molecule has 2 rings (SSSR count). The minimum Gasteiger partial charge on any atom is -0.198 e. The first kappa shape index (κ1) is 12.9. The van der Waals surface area contributed by atoms with Crippen molar-refractivity contribution < 1.29 is 0 Å². The van der Waals surface area contributed by atoms with Crippen molar-refractivity contribution in [3.63, 3.8) is 0 Å². The zero-order valence-electron chi connectivity index (χ0n) is 10.9. The quantitative estimate of drug-likeness (QED) is 0.704. The van der Waals surface area contributed by atoms with Gasteiger partial charge < -0.3 is 0 Å². The number of hydrogen-bond donors (Lipinski definition) is 0. The van der Waals surface area contributed by atoms with Gasteiger partial charge in [0.1, 0.15) is 0 Å². The van der Waals surface area contributed by atoms with Gasteiger partial charge in [-0.15, -0.1) is 6.58 Å². The Morgan fingerprint density at radius 3 is 2.39 bits per heavy atom. The summed E-state index contributed by atoms with van der Waals surface area (Å²) < 4.78 is 0. The molecule has 1 saturated carbocycles. The van der Waals surface area contributed by atoms with E-state index in [1.165, 1.54) is 37.7 Å². The molecule has 0 saturated heterocycles. The maximum atomic E-state index is 8.66. The van der Waals surface area contributed by atoms with Gasteiger partial charge in [-0.25, -0.2) is 0 Å². The molecule has 0 amide bonds. The second-order valence-electron chi connectivity index (χ2n) is 5.32. The summed E-state index contributed by atoms with van der Waals surface area (Å²) in [6.07, 6.45) is 9.02. The zero-order chi connectivity index (χ0) is 12.8. The third kappa shape index (κ3) is 3.23. The van der Waals surface area contributed by atoms with Crippen LogP contribution in [-0.4, -0.2) is 0 Å². The zero-order valence-corrected chi connectivity index (χ0v) is 10.9. The highest BCUT2D eigenvalue weighted by atomic mass is 14.3. The molecule has 94 valence electrons. The van der Waals surface area contributed by atoms with Crippen LogP contribution in [0.1, 0.15) is 49.1 Å². The lowest BCUT2D eigenvalue weighted by Gasteiger charge is -2.28. The van der Waals surface area contributed by atoms with E-state index in [-0.39, 0.29) is 0 Å².